The SMILES string of the molecule is CS(=O)(=O)c1cccnc1NCCNC(=O)c1cccs1. The van der Waals surface area contributed by atoms with E-state index in [4.69, 9.17) is 0 Å². The number of nitrogens with zero attached hydrogens (tertiary/aromatic N) is 1. The molecule has 2 rings (SSSR count). The third-order valence-electron chi connectivity index (χ3n) is 2.62. The van der Waals surface area contributed by atoms with Gasteiger partial charge >= 0.3 is 0 Å². The average Bonchev–Trinajstić information content (AvgIpc) is 2.97. The largest absolute Gasteiger partial charge is 0.367 e. The molecule has 112 valence electrons. The number of carbonyl (C=O) groups excluding carboxylic acids is 1. The van der Waals surface area contributed by atoms with E-state index in [9.17, 15) is 13.2 Å². The molecule has 21 heavy (non-hydrogen) atoms. The lowest BCUT2D eigenvalue weighted by Gasteiger charge is -2.09. The van der Waals surface area contributed by atoms with E-state index in [1.807, 2.05) is 11.4 Å². The van der Waals surface area contributed by atoms with Gasteiger partial charge in [0.05, 0.1) is 4.88 Å². The van der Waals surface area contributed by atoms with Gasteiger partial charge in [0.25, 0.3) is 5.91 Å². The van der Waals surface area contributed by atoms with Crippen LogP contribution in [-0.4, -0.2) is 38.7 Å². The highest BCUT2D eigenvalue weighted by atomic mass is 32.2. The fourth-order valence-electron chi connectivity index (χ4n) is 1.67. The van der Waals surface area contributed by atoms with Crippen molar-refractivity contribution >= 4 is 32.9 Å². The van der Waals surface area contributed by atoms with Gasteiger partial charge in [0, 0.05) is 25.5 Å². The summed E-state index contributed by atoms with van der Waals surface area (Å²) in [6, 6.07) is 6.62. The van der Waals surface area contributed by atoms with Crippen molar-refractivity contribution in [2.24, 2.45) is 0 Å². The molecule has 0 aliphatic carbocycles. The zero-order valence-electron chi connectivity index (χ0n) is 11.4. The van der Waals surface area contributed by atoms with Crippen LogP contribution >= 0.6 is 11.3 Å². The Kier molecular flexibility index (Phi) is 4.92. The first kappa shape index (κ1) is 15.5. The van der Waals surface area contributed by atoms with Crippen molar-refractivity contribution in [3.63, 3.8) is 0 Å². The van der Waals surface area contributed by atoms with Gasteiger partial charge in [0.2, 0.25) is 0 Å². The highest BCUT2D eigenvalue weighted by Gasteiger charge is 2.13. The lowest BCUT2D eigenvalue weighted by atomic mass is 10.4. The molecule has 0 atom stereocenters. The second-order valence-corrected chi connectivity index (χ2v) is 7.21. The second-order valence-electron chi connectivity index (χ2n) is 4.28. The maximum Gasteiger partial charge on any atom is 0.261 e. The number of anilines is 1. The van der Waals surface area contributed by atoms with Crippen LogP contribution in [0.25, 0.3) is 0 Å². The number of nitrogens with one attached hydrogen (secondary N) is 2. The topological polar surface area (TPSA) is 88.2 Å². The molecule has 2 heterocycles. The smallest absolute Gasteiger partial charge is 0.261 e. The molecule has 6 nitrogen and oxygen atoms in total. The Balaban J connectivity index is 1.89. The van der Waals surface area contributed by atoms with Gasteiger partial charge in [-0.25, -0.2) is 13.4 Å². The van der Waals surface area contributed by atoms with Gasteiger partial charge in [-0.2, -0.15) is 0 Å². The predicted molar refractivity (Wildman–Crippen MR) is 82.5 cm³/mol. The molecule has 2 aromatic heterocycles. The fraction of sp³-hybridized carbons (Fsp3) is 0.231. The highest BCUT2D eigenvalue weighted by Crippen LogP contribution is 2.17. The highest BCUT2D eigenvalue weighted by molar-refractivity contribution is 7.90. The summed E-state index contributed by atoms with van der Waals surface area (Å²) in [5.41, 5.74) is 0. The van der Waals surface area contributed by atoms with E-state index in [1.54, 1.807) is 12.1 Å². The number of aromatic nitrogens is 1. The Hall–Kier alpha value is -1.93. The summed E-state index contributed by atoms with van der Waals surface area (Å²) in [6.45, 7) is 0.757. The van der Waals surface area contributed by atoms with E-state index in [-0.39, 0.29) is 10.8 Å². The van der Waals surface area contributed by atoms with Crippen LogP contribution in [0.3, 0.4) is 0 Å². The minimum Gasteiger partial charge on any atom is -0.367 e. The summed E-state index contributed by atoms with van der Waals surface area (Å²) >= 11 is 1.37. The molecule has 0 radical (unpaired) electrons. The molecule has 2 N–H and O–H groups in total. The zero-order chi connectivity index (χ0) is 15.3. The van der Waals surface area contributed by atoms with E-state index in [2.05, 4.69) is 15.6 Å². The maximum absolute atomic E-state index is 11.7. The lowest BCUT2D eigenvalue weighted by molar-refractivity contribution is 0.0959. The molecule has 0 spiro atoms. The van der Waals surface area contributed by atoms with Gasteiger partial charge in [-0.05, 0) is 23.6 Å². The molecule has 0 bridgehead atoms. The van der Waals surface area contributed by atoms with Crippen LogP contribution in [0.4, 0.5) is 5.82 Å². The van der Waals surface area contributed by atoms with E-state index in [1.165, 1.54) is 23.6 Å². The molecule has 0 aliphatic heterocycles. The molecule has 0 aliphatic rings. The molecule has 0 fully saturated rings. The van der Waals surface area contributed by atoms with Crippen LogP contribution in [-0.2, 0) is 9.84 Å². The minimum atomic E-state index is -3.33. The standard InChI is InChI=1S/C13H15N3O3S2/c1-21(18,19)11-5-2-6-14-12(11)15-7-8-16-13(17)10-4-3-9-20-10/h2-6,9H,7-8H2,1H3,(H,14,15)(H,16,17). The van der Waals surface area contributed by atoms with Crippen molar-refractivity contribution in [1.82, 2.24) is 10.3 Å². The average molecular weight is 325 g/mol. The molecule has 0 unspecified atom stereocenters. The first-order chi connectivity index (χ1) is 9.98. The summed E-state index contributed by atoms with van der Waals surface area (Å²) < 4.78 is 23.2. The van der Waals surface area contributed by atoms with Crippen LogP contribution in [0.15, 0.2) is 40.7 Å². The van der Waals surface area contributed by atoms with Crippen LogP contribution < -0.4 is 10.6 Å². The number of thiophene rings is 1. The monoisotopic (exact) mass is 325 g/mol. The molecule has 0 saturated heterocycles. The van der Waals surface area contributed by atoms with Gasteiger partial charge < -0.3 is 10.6 Å². The maximum atomic E-state index is 11.7. The van der Waals surface area contributed by atoms with Crippen molar-refractivity contribution < 1.29 is 13.2 Å². The Morgan fingerprint density at radius 3 is 2.76 bits per heavy atom. The molecular formula is C13H15N3O3S2. The minimum absolute atomic E-state index is 0.142. The van der Waals surface area contributed by atoms with Crippen LogP contribution in [0.5, 0.6) is 0 Å². The molecule has 2 aromatic rings. The number of hydrogen-bond acceptors (Lipinski definition) is 6. The van der Waals surface area contributed by atoms with E-state index < -0.39 is 9.84 Å². The van der Waals surface area contributed by atoms with E-state index in [0.717, 1.165) is 6.26 Å². The molecule has 0 aromatic carbocycles. The third-order valence-corrected chi connectivity index (χ3v) is 4.62. The van der Waals surface area contributed by atoms with Gasteiger partial charge in [0.1, 0.15) is 10.7 Å². The Morgan fingerprint density at radius 2 is 2.10 bits per heavy atom. The lowest BCUT2D eigenvalue weighted by Crippen LogP contribution is -2.28. The quantitative estimate of drug-likeness (QED) is 0.784. The number of pyridine rings is 1. The van der Waals surface area contributed by atoms with Crippen LogP contribution in [0.2, 0.25) is 0 Å². The number of amides is 1. The first-order valence-electron chi connectivity index (χ1n) is 6.19. The van der Waals surface area contributed by atoms with Gasteiger partial charge in [0.15, 0.2) is 9.84 Å². The normalized spacial score (nSPS) is 11.1. The fourth-order valence-corrected chi connectivity index (χ4v) is 3.12. The van der Waals surface area contributed by atoms with Crippen LogP contribution in [0.1, 0.15) is 9.67 Å². The van der Waals surface area contributed by atoms with Crippen LogP contribution in [0, 0.1) is 0 Å². The zero-order valence-corrected chi connectivity index (χ0v) is 13.0. The summed E-state index contributed by atoms with van der Waals surface area (Å²) in [4.78, 5) is 16.5. The summed E-state index contributed by atoms with van der Waals surface area (Å²) in [6.07, 6.45) is 2.65. The molecular weight excluding hydrogens is 310 g/mol. The van der Waals surface area contributed by atoms with E-state index in [0.29, 0.717) is 23.8 Å². The van der Waals surface area contributed by atoms with E-state index >= 15 is 0 Å². The number of rotatable bonds is 6. The third kappa shape index (κ3) is 4.27. The summed E-state index contributed by atoms with van der Waals surface area (Å²) in [7, 11) is -3.33. The van der Waals surface area contributed by atoms with Crippen molar-refractivity contribution in [2.75, 3.05) is 24.7 Å². The molecule has 1 amide bonds. The van der Waals surface area contributed by atoms with Gasteiger partial charge in [-0.15, -0.1) is 11.3 Å². The molecule has 0 saturated carbocycles. The van der Waals surface area contributed by atoms with Gasteiger partial charge in [-0.3, -0.25) is 4.79 Å². The predicted octanol–water partition coefficient (Wildman–Crippen LogP) is 1.39. The summed E-state index contributed by atoms with van der Waals surface area (Å²) in [5.74, 6) is 0.154. The Labute approximate surface area is 127 Å². The Bertz CT molecular complexity index is 712. The Morgan fingerprint density at radius 1 is 1.29 bits per heavy atom. The summed E-state index contributed by atoms with van der Waals surface area (Å²) in [5, 5.41) is 7.50. The number of sulfone groups is 1. The number of carbonyl (C=O) groups is 1. The first-order valence-corrected chi connectivity index (χ1v) is 8.96. The van der Waals surface area contributed by atoms with Crippen molar-refractivity contribution in [3.8, 4) is 0 Å². The second kappa shape index (κ2) is 6.68. The van der Waals surface area contributed by atoms with Crippen molar-refractivity contribution in [1.29, 1.82) is 0 Å². The number of hydrogen-bond donors (Lipinski definition) is 2. The van der Waals surface area contributed by atoms with Gasteiger partial charge in [-0.1, -0.05) is 6.07 Å². The van der Waals surface area contributed by atoms with Crippen molar-refractivity contribution in [2.45, 2.75) is 4.90 Å². The van der Waals surface area contributed by atoms with Crippen molar-refractivity contribution in [3.05, 3.63) is 40.7 Å². The molecule has 8 heteroatoms.